The summed E-state index contributed by atoms with van der Waals surface area (Å²) in [6, 6.07) is 10.1. The minimum atomic E-state index is -0.159. The third-order valence-electron chi connectivity index (χ3n) is 4.54. The van der Waals surface area contributed by atoms with Crippen LogP contribution in [0.3, 0.4) is 0 Å². The van der Waals surface area contributed by atoms with Gasteiger partial charge in [0.15, 0.2) is 5.76 Å². The number of halogens is 1. The van der Waals surface area contributed by atoms with Crippen LogP contribution in [0.2, 0.25) is 0 Å². The van der Waals surface area contributed by atoms with Crippen molar-refractivity contribution in [1.29, 1.82) is 0 Å². The van der Waals surface area contributed by atoms with Gasteiger partial charge in [-0.05, 0) is 43.5 Å². The summed E-state index contributed by atoms with van der Waals surface area (Å²) in [6.45, 7) is 3.87. The summed E-state index contributed by atoms with van der Waals surface area (Å²) in [5, 5.41) is 3.05. The van der Waals surface area contributed by atoms with Gasteiger partial charge >= 0.3 is 0 Å². The van der Waals surface area contributed by atoms with Gasteiger partial charge in [-0.15, -0.1) is 0 Å². The average molecular weight is 378 g/mol. The first-order chi connectivity index (χ1) is 11.1. The summed E-state index contributed by atoms with van der Waals surface area (Å²) in [7, 11) is 0. The van der Waals surface area contributed by atoms with E-state index in [0.29, 0.717) is 25.5 Å². The second-order valence-electron chi connectivity index (χ2n) is 6.02. The van der Waals surface area contributed by atoms with E-state index in [1.165, 1.54) is 5.56 Å². The van der Waals surface area contributed by atoms with Crippen LogP contribution in [-0.2, 0) is 10.2 Å². The molecule has 0 unspecified atom stereocenters. The number of ether oxygens (including phenoxy) is 1. The first-order valence-electron chi connectivity index (χ1n) is 7.77. The van der Waals surface area contributed by atoms with E-state index in [9.17, 15) is 4.79 Å². The lowest BCUT2D eigenvalue weighted by Gasteiger charge is -2.38. The van der Waals surface area contributed by atoms with Crippen LogP contribution < -0.4 is 5.32 Å². The first-order valence-corrected chi connectivity index (χ1v) is 8.56. The van der Waals surface area contributed by atoms with Crippen LogP contribution in [0.25, 0.3) is 0 Å². The fourth-order valence-electron chi connectivity index (χ4n) is 3.08. The Morgan fingerprint density at radius 2 is 2.09 bits per heavy atom. The van der Waals surface area contributed by atoms with Crippen LogP contribution in [-0.4, -0.2) is 25.7 Å². The largest absolute Gasteiger partial charge is 0.459 e. The highest BCUT2D eigenvalue weighted by molar-refractivity contribution is 9.10. The third-order valence-corrected chi connectivity index (χ3v) is 5.04. The fraction of sp³-hybridized carbons (Fsp3) is 0.389. The number of rotatable bonds is 4. The molecule has 2 aromatic rings. The average Bonchev–Trinajstić information content (AvgIpc) is 3.00. The minimum Gasteiger partial charge on any atom is -0.459 e. The van der Waals surface area contributed by atoms with E-state index in [4.69, 9.17) is 9.15 Å². The minimum absolute atomic E-state index is 0.0990. The van der Waals surface area contributed by atoms with Gasteiger partial charge < -0.3 is 14.5 Å². The van der Waals surface area contributed by atoms with E-state index in [1.807, 2.05) is 19.1 Å². The van der Waals surface area contributed by atoms with Crippen LogP contribution >= 0.6 is 15.9 Å². The lowest BCUT2D eigenvalue weighted by molar-refractivity contribution is 0.0484. The molecular weight excluding hydrogens is 358 g/mol. The molecule has 5 heteroatoms. The third kappa shape index (κ3) is 3.51. The number of carbonyl (C=O) groups is 1. The van der Waals surface area contributed by atoms with Gasteiger partial charge in [-0.25, -0.2) is 0 Å². The number of hydrogen-bond donors (Lipinski definition) is 1. The second-order valence-corrected chi connectivity index (χ2v) is 6.93. The van der Waals surface area contributed by atoms with Crippen LogP contribution in [0.4, 0.5) is 0 Å². The van der Waals surface area contributed by atoms with E-state index >= 15 is 0 Å². The van der Waals surface area contributed by atoms with E-state index < -0.39 is 0 Å². The number of aryl methyl sites for hydroxylation is 1. The summed E-state index contributed by atoms with van der Waals surface area (Å²) in [6.07, 6.45) is 3.32. The van der Waals surface area contributed by atoms with E-state index in [-0.39, 0.29) is 11.3 Å². The van der Waals surface area contributed by atoms with Crippen LogP contribution in [0, 0.1) is 6.92 Å². The zero-order valence-corrected chi connectivity index (χ0v) is 14.7. The van der Waals surface area contributed by atoms with Crippen molar-refractivity contribution in [2.75, 3.05) is 19.8 Å². The topological polar surface area (TPSA) is 51.5 Å². The smallest absolute Gasteiger partial charge is 0.287 e. The van der Waals surface area contributed by atoms with E-state index in [2.05, 4.69) is 33.4 Å². The molecule has 1 aromatic carbocycles. The predicted octanol–water partition coefficient (Wildman–Crippen LogP) is 3.83. The van der Waals surface area contributed by atoms with Crippen molar-refractivity contribution in [3.8, 4) is 0 Å². The Labute approximate surface area is 144 Å². The van der Waals surface area contributed by atoms with Crippen molar-refractivity contribution in [2.45, 2.75) is 25.2 Å². The van der Waals surface area contributed by atoms with Crippen molar-refractivity contribution in [2.24, 2.45) is 0 Å². The first kappa shape index (κ1) is 16.3. The number of furan rings is 1. The second kappa shape index (κ2) is 6.89. The summed E-state index contributed by atoms with van der Waals surface area (Å²) in [5.41, 5.74) is 1.98. The van der Waals surface area contributed by atoms with Gasteiger partial charge in [-0.1, -0.05) is 28.1 Å². The molecule has 3 rings (SSSR count). The molecule has 1 N–H and O–H groups in total. The van der Waals surface area contributed by atoms with Crippen molar-refractivity contribution in [3.05, 3.63) is 58.0 Å². The Morgan fingerprint density at radius 3 is 2.74 bits per heavy atom. The highest BCUT2D eigenvalue weighted by Crippen LogP contribution is 2.35. The maximum atomic E-state index is 12.4. The Morgan fingerprint density at radius 1 is 1.30 bits per heavy atom. The van der Waals surface area contributed by atoms with Gasteiger partial charge in [0.05, 0.1) is 6.26 Å². The number of hydrogen-bond acceptors (Lipinski definition) is 3. The molecule has 1 aliphatic heterocycles. The molecule has 2 heterocycles. The number of carbonyl (C=O) groups excluding carboxylic acids is 1. The summed E-state index contributed by atoms with van der Waals surface area (Å²) in [5.74, 6) is 0.231. The molecule has 0 atom stereocenters. The Bertz CT molecular complexity index is 689. The Kier molecular flexibility index (Phi) is 4.87. The molecule has 0 radical (unpaired) electrons. The van der Waals surface area contributed by atoms with Crippen molar-refractivity contribution in [1.82, 2.24) is 5.32 Å². The summed E-state index contributed by atoms with van der Waals surface area (Å²) >= 11 is 3.54. The zero-order valence-electron chi connectivity index (χ0n) is 13.1. The van der Waals surface area contributed by atoms with Gasteiger partial charge in [0.2, 0.25) is 0 Å². The molecule has 1 aliphatic rings. The number of benzene rings is 1. The molecule has 0 saturated carbocycles. The molecule has 0 bridgehead atoms. The van der Waals surface area contributed by atoms with Crippen LogP contribution in [0.1, 0.15) is 34.5 Å². The van der Waals surface area contributed by atoms with Gasteiger partial charge in [-0.2, -0.15) is 0 Å². The normalized spacial score (nSPS) is 17.0. The summed E-state index contributed by atoms with van der Waals surface area (Å²) in [4.78, 5) is 12.4. The SMILES string of the molecule is Cc1ccoc1C(=O)NCC1(c2cccc(Br)c2)CCOCC1. The summed E-state index contributed by atoms with van der Waals surface area (Å²) < 4.78 is 11.9. The molecule has 0 spiro atoms. The van der Waals surface area contributed by atoms with Gasteiger partial charge in [0, 0.05) is 35.2 Å². The number of amides is 1. The fourth-order valence-corrected chi connectivity index (χ4v) is 3.48. The van der Waals surface area contributed by atoms with Gasteiger partial charge in [0.25, 0.3) is 5.91 Å². The molecule has 1 aromatic heterocycles. The molecule has 1 amide bonds. The van der Waals surface area contributed by atoms with Crippen molar-refractivity contribution in [3.63, 3.8) is 0 Å². The van der Waals surface area contributed by atoms with E-state index in [0.717, 1.165) is 22.9 Å². The molecule has 1 fully saturated rings. The quantitative estimate of drug-likeness (QED) is 0.880. The lowest BCUT2D eigenvalue weighted by Crippen LogP contribution is -2.44. The zero-order chi connectivity index (χ0) is 16.3. The molecule has 23 heavy (non-hydrogen) atoms. The highest BCUT2D eigenvalue weighted by atomic mass is 79.9. The maximum absolute atomic E-state index is 12.4. The molecule has 1 saturated heterocycles. The Balaban J connectivity index is 1.80. The predicted molar refractivity (Wildman–Crippen MR) is 91.7 cm³/mol. The van der Waals surface area contributed by atoms with Crippen LogP contribution in [0.5, 0.6) is 0 Å². The lowest BCUT2D eigenvalue weighted by atomic mass is 9.74. The standard InChI is InChI=1S/C18H20BrNO3/c1-13-5-8-23-16(13)17(21)20-12-18(6-9-22-10-7-18)14-3-2-4-15(19)11-14/h2-5,8,11H,6-7,9-10,12H2,1H3,(H,20,21). The van der Waals surface area contributed by atoms with Crippen LogP contribution in [0.15, 0.2) is 45.5 Å². The molecule has 122 valence electrons. The van der Waals surface area contributed by atoms with Gasteiger partial charge in [-0.3, -0.25) is 4.79 Å². The van der Waals surface area contributed by atoms with Crippen molar-refractivity contribution < 1.29 is 13.9 Å². The maximum Gasteiger partial charge on any atom is 0.287 e. The van der Waals surface area contributed by atoms with Gasteiger partial charge in [0.1, 0.15) is 0 Å². The Hall–Kier alpha value is -1.59. The highest BCUT2D eigenvalue weighted by Gasteiger charge is 2.35. The van der Waals surface area contributed by atoms with E-state index in [1.54, 1.807) is 12.3 Å². The van der Waals surface area contributed by atoms with Crippen molar-refractivity contribution >= 4 is 21.8 Å². The molecular formula is C18H20BrNO3. The monoisotopic (exact) mass is 377 g/mol. The number of nitrogens with one attached hydrogen (secondary N) is 1. The molecule has 0 aliphatic carbocycles. The molecule has 4 nitrogen and oxygen atoms in total.